The number of likely N-dealkylation sites (tertiary alicyclic amines) is 1. The number of piperidine rings is 1. The fourth-order valence-electron chi connectivity index (χ4n) is 3.33. The smallest absolute Gasteiger partial charge is 0.224 e. The topological polar surface area (TPSA) is 58.4 Å². The third-order valence-electron chi connectivity index (χ3n) is 4.38. The SMILES string of the molecule is NC(CN1CCCC2C(=O)NCC21)c1ccccc1. The number of nitrogens with two attached hydrogens (primary N) is 1. The van der Waals surface area contributed by atoms with E-state index in [4.69, 9.17) is 5.73 Å². The lowest BCUT2D eigenvalue weighted by Crippen LogP contribution is -2.48. The molecule has 2 heterocycles. The summed E-state index contributed by atoms with van der Waals surface area (Å²) < 4.78 is 0. The third kappa shape index (κ3) is 2.51. The molecule has 0 spiro atoms. The van der Waals surface area contributed by atoms with Gasteiger partial charge in [0.05, 0.1) is 5.92 Å². The number of nitrogens with one attached hydrogen (secondary N) is 1. The van der Waals surface area contributed by atoms with Gasteiger partial charge in [-0.1, -0.05) is 30.3 Å². The minimum Gasteiger partial charge on any atom is -0.354 e. The van der Waals surface area contributed by atoms with E-state index in [1.165, 1.54) is 5.56 Å². The number of carbonyl (C=O) groups is 1. The number of fused-ring (bicyclic) bond motifs is 1. The Bertz CT molecular complexity index is 448. The van der Waals surface area contributed by atoms with Gasteiger partial charge in [0, 0.05) is 25.2 Å². The normalized spacial score (nSPS) is 28.8. The van der Waals surface area contributed by atoms with E-state index in [1.807, 2.05) is 18.2 Å². The molecule has 0 saturated carbocycles. The lowest BCUT2D eigenvalue weighted by atomic mass is 9.91. The van der Waals surface area contributed by atoms with Gasteiger partial charge >= 0.3 is 0 Å². The third-order valence-corrected chi connectivity index (χ3v) is 4.38. The van der Waals surface area contributed by atoms with E-state index in [2.05, 4.69) is 22.3 Å². The molecule has 1 aromatic carbocycles. The van der Waals surface area contributed by atoms with Crippen molar-refractivity contribution < 1.29 is 4.79 Å². The van der Waals surface area contributed by atoms with Gasteiger partial charge in [0.15, 0.2) is 0 Å². The van der Waals surface area contributed by atoms with E-state index < -0.39 is 0 Å². The molecule has 3 unspecified atom stereocenters. The van der Waals surface area contributed by atoms with Crippen LogP contribution in [0, 0.1) is 5.92 Å². The Morgan fingerprint density at radius 3 is 2.95 bits per heavy atom. The van der Waals surface area contributed by atoms with Crippen LogP contribution in [0.3, 0.4) is 0 Å². The van der Waals surface area contributed by atoms with Crippen LogP contribution in [0.4, 0.5) is 0 Å². The van der Waals surface area contributed by atoms with Crippen molar-refractivity contribution >= 4 is 5.91 Å². The molecular formula is C15H21N3O. The molecule has 102 valence electrons. The maximum Gasteiger partial charge on any atom is 0.224 e. The van der Waals surface area contributed by atoms with Crippen LogP contribution in [0.1, 0.15) is 24.4 Å². The maximum absolute atomic E-state index is 11.7. The summed E-state index contributed by atoms with van der Waals surface area (Å²) in [6.07, 6.45) is 2.11. The van der Waals surface area contributed by atoms with E-state index in [-0.39, 0.29) is 17.9 Å². The molecule has 4 heteroatoms. The van der Waals surface area contributed by atoms with Gasteiger partial charge in [0.2, 0.25) is 5.91 Å². The van der Waals surface area contributed by atoms with Crippen LogP contribution in [-0.2, 0) is 4.79 Å². The summed E-state index contributed by atoms with van der Waals surface area (Å²) in [4.78, 5) is 14.1. The second kappa shape index (κ2) is 5.31. The molecule has 3 atom stereocenters. The number of carbonyl (C=O) groups excluding carboxylic acids is 1. The molecule has 0 bridgehead atoms. The number of amides is 1. The summed E-state index contributed by atoms with van der Waals surface area (Å²) in [5.41, 5.74) is 7.46. The van der Waals surface area contributed by atoms with E-state index in [0.717, 1.165) is 32.5 Å². The Hall–Kier alpha value is -1.39. The number of hydrogen-bond donors (Lipinski definition) is 2. The molecule has 3 rings (SSSR count). The summed E-state index contributed by atoms with van der Waals surface area (Å²) in [5.74, 6) is 0.403. The zero-order chi connectivity index (χ0) is 13.2. The van der Waals surface area contributed by atoms with Gasteiger partial charge in [-0.3, -0.25) is 9.69 Å². The molecule has 4 nitrogen and oxygen atoms in total. The first-order valence-electron chi connectivity index (χ1n) is 7.08. The van der Waals surface area contributed by atoms with Gasteiger partial charge in [0.1, 0.15) is 0 Å². The van der Waals surface area contributed by atoms with E-state index >= 15 is 0 Å². The number of rotatable bonds is 3. The standard InChI is InChI=1S/C15H21N3O/c16-13(11-5-2-1-3-6-11)10-18-8-4-7-12-14(18)9-17-15(12)19/h1-3,5-6,12-14H,4,7-10,16H2,(H,17,19). The van der Waals surface area contributed by atoms with Crippen LogP contribution in [0.15, 0.2) is 30.3 Å². The highest BCUT2D eigenvalue weighted by atomic mass is 16.2. The van der Waals surface area contributed by atoms with Crippen LogP contribution >= 0.6 is 0 Å². The van der Waals surface area contributed by atoms with Gasteiger partial charge in [-0.2, -0.15) is 0 Å². The summed E-state index contributed by atoms with van der Waals surface area (Å²) in [6, 6.07) is 10.6. The van der Waals surface area contributed by atoms with Crippen molar-refractivity contribution in [3.8, 4) is 0 Å². The van der Waals surface area contributed by atoms with Gasteiger partial charge in [-0.25, -0.2) is 0 Å². The van der Waals surface area contributed by atoms with Crippen molar-refractivity contribution in [2.75, 3.05) is 19.6 Å². The zero-order valence-corrected chi connectivity index (χ0v) is 11.1. The molecule has 1 aromatic rings. The Balaban J connectivity index is 1.68. The molecule has 2 aliphatic rings. The van der Waals surface area contributed by atoms with Crippen LogP contribution < -0.4 is 11.1 Å². The Labute approximate surface area is 114 Å². The molecule has 2 saturated heterocycles. The number of benzene rings is 1. The molecule has 3 N–H and O–H groups in total. The van der Waals surface area contributed by atoms with Crippen molar-refractivity contribution in [2.24, 2.45) is 11.7 Å². The summed E-state index contributed by atoms with van der Waals surface area (Å²) >= 11 is 0. The molecule has 2 fully saturated rings. The predicted octanol–water partition coefficient (Wildman–Crippen LogP) is 0.897. The summed E-state index contributed by atoms with van der Waals surface area (Å²) in [5, 5.41) is 2.98. The average Bonchev–Trinajstić information content (AvgIpc) is 2.83. The average molecular weight is 259 g/mol. The van der Waals surface area contributed by atoms with Crippen LogP contribution in [0.25, 0.3) is 0 Å². The molecule has 0 aromatic heterocycles. The lowest BCUT2D eigenvalue weighted by Gasteiger charge is -2.37. The first-order valence-corrected chi connectivity index (χ1v) is 7.08. The molecule has 19 heavy (non-hydrogen) atoms. The first kappa shape index (κ1) is 12.6. The quantitative estimate of drug-likeness (QED) is 0.848. The second-order valence-electron chi connectivity index (χ2n) is 5.57. The summed E-state index contributed by atoms with van der Waals surface area (Å²) in [7, 11) is 0. The first-order chi connectivity index (χ1) is 9.25. The predicted molar refractivity (Wildman–Crippen MR) is 74.5 cm³/mol. The van der Waals surface area contributed by atoms with Crippen molar-refractivity contribution in [2.45, 2.75) is 24.9 Å². The van der Waals surface area contributed by atoms with Crippen molar-refractivity contribution in [1.29, 1.82) is 0 Å². The van der Waals surface area contributed by atoms with E-state index in [1.54, 1.807) is 0 Å². The Morgan fingerprint density at radius 1 is 1.37 bits per heavy atom. The Kier molecular flexibility index (Phi) is 3.53. The minimum atomic E-state index is 0.0238. The molecule has 0 radical (unpaired) electrons. The Morgan fingerprint density at radius 2 is 2.16 bits per heavy atom. The molecular weight excluding hydrogens is 238 g/mol. The largest absolute Gasteiger partial charge is 0.354 e. The molecule has 1 amide bonds. The highest BCUT2D eigenvalue weighted by Crippen LogP contribution is 2.28. The van der Waals surface area contributed by atoms with Crippen LogP contribution in [0.2, 0.25) is 0 Å². The van der Waals surface area contributed by atoms with Crippen LogP contribution in [0.5, 0.6) is 0 Å². The number of hydrogen-bond acceptors (Lipinski definition) is 3. The van der Waals surface area contributed by atoms with E-state index in [0.29, 0.717) is 6.04 Å². The summed E-state index contributed by atoms with van der Waals surface area (Å²) in [6.45, 7) is 2.67. The fourth-order valence-corrected chi connectivity index (χ4v) is 3.33. The van der Waals surface area contributed by atoms with Crippen molar-refractivity contribution in [1.82, 2.24) is 10.2 Å². The van der Waals surface area contributed by atoms with Gasteiger partial charge < -0.3 is 11.1 Å². The van der Waals surface area contributed by atoms with Crippen molar-refractivity contribution in [3.05, 3.63) is 35.9 Å². The maximum atomic E-state index is 11.7. The fraction of sp³-hybridized carbons (Fsp3) is 0.533. The minimum absolute atomic E-state index is 0.0238. The lowest BCUT2D eigenvalue weighted by molar-refractivity contribution is -0.124. The van der Waals surface area contributed by atoms with Gasteiger partial charge in [-0.15, -0.1) is 0 Å². The highest BCUT2D eigenvalue weighted by Gasteiger charge is 2.40. The zero-order valence-electron chi connectivity index (χ0n) is 11.1. The van der Waals surface area contributed by atoms with Crippen LogP contribution in [-0.4, -0.2) is 36.5 Å². The molecule has 2 aliphatic heterocycles. The van der Waals surface area contributed by atoms with Crippen molar-refractivity contribution in [3.63, 3.8) is 0 Å². The van der Waals surface area contributed by atoms with Gasteiger partial charge in [0.25, 0.3) is 0 Å². The number of nitrogens with zero attached hydrogens (tertiary/aromatic N) is 1. The second-order valence-corrected chi connectivity index (χ2v) is 5.57. The highest BCUT2D eigenvalue weighted by molar-refractivity contribution is 5.82. The van der Waals surface area contributed by atoms with Gasteiger partial charge in [-0.05, 0) is 24.9 Å². The monoisotopic (exact) mass is 259 g/mol. The molecule has 0 aliphatic carbocycles. The van der Waals surface area contributed by atoms with E-state index in [9.17, 15) is 4.79 Å².